The molecule has 2 aromatic rings. The molecule has 1 heterocycles. The van der Waals surface area contributed by atoms with E-state index in [4.69, 9.17) is 4.52 Å². The number of para-hydroxylation sites is 1. The summed E-state index contributed by atoms with van der Waals surface area (Å²) >= 11 is 0. The first kappa shape index (κ1) is 17.5. The Kier molecular flexibility index (Phi) is 5.89. The number of nitrogens with one attached hydrogen (secondary N) is 2. The number of aromatic nitrogens is 1. The number of guanidine groups is 1. The SMILES string of the molecule is CN=C(NCc1cc(C(C)C)no1)NCc1ccccc1[N+](=O)[O-]. The van der Waals surface area contributed by atoms with Gasteiger partial charge in [0.2, 0.25) is 0 Å². The topological polar surface area (TPSA) is 106 Å². The van der Waals surface area contributed by atoms with Gasteiger partial charge in [0.25, 0.3) is 5.69 Å². The van der Waals surface area contributed by atoms with Crippen molar-refractivity contribution in [3.05, 3.63) is 57.5 Å². The van der Waals surface area contributed by atoms with E-state index in [1.807, 2.05) is 19.9 Å². The van der Waals surface area contributed by atoms with E-state index in [1.54, 1.807) is 25.2 Å². The predicted molar refractivity (Wildman–Crippen MR) is 90.7 cm³/mol. The normalized spacial score (nSPS) is 11.6. The molecule has 0 saturated carbocycles. The molecular weight excluding hydrogens is 310 g/mol. The van der Waals surface area contributed by atoms with Gasteiger partial charge in [0.1, 0.15) is 0 Å². The number of hydrogen-bond acceptors (Lipinski definition) is 5. The number of aliphatic imine (C=N–C) groups is 1. The minimum Gasteiger partial charge on any atom is -0.359 e. The van der Waals surface area contributed by atoms with Crippen LogP contribution in [0.5, 0.6) is 0 Å². The van der Waals surface area contributed by atoms with Gasteiger partial charge in [-0.25, -0.2) is 0 Å². The van der Waals surface area contributed by atoms with Crippen LogP contribution in [0.2, 0.25) is 0 Å². The lowest BCUT2D eigenvalue weighted by molar-refractivity contribution is -0.385. The molecule has 8 nitrogen and oxygen atoms in total. The molecule has 0 aliphatic heterocycles. The lowest BCUT2D eigenvalue weighted by Crippen LogP contribution is -2.36. The Morgan fingerprint density at radius 3 is 2.67 bits per heavy atom. The summed E-state index contributed by atoms with van der Waals surface area (Å²) in [5.74, 6) is 1.53. The maximum absolute atomic E-state index is 11.0. The number of nitro groups is 1. The van der Waals surface area contributed by atoms with Crippen LogP contribution in [0.1, 0.15) is 36.8 Å². The smallest absolute Gasteiger partial charge is 0.274 e. The Bertz CT molecular complexity index is 724. The summed E-state index contributed by atoms with van der Waals surface area (Å²) < 4.78 is 5.25. The Morgan fingerprint density at radius 1 is 1.33 bits per heavy atom. The highest BCUT2D eigenvalue weighted by Gasteiger charge is 2.13. The van der Waals surface area contributed by atoms with Gasteiger partial charge in [-0.15, -0.1) is 0 Å². The van der Waals surface area contributed by atoms with Crippen LogP contribution in [0.15, 0.2) is 39.8 Å². The average Bonchev–Trinajstić information content (AvgIpc) is 3.04. The van der Waals surface area contributed by atoms with E-state index in [9.17, 15) is 10.1 Å². The number of benzene rings is 1. The minimum absolute atomic E-state index is 0.0808. The van der Waals surface area contributed by atoms with Gasteiger partial charge in [-0.3, -0.25) is 15.1 Å². The lowest BCUT2D eigenvalue weighted by atomic mass is 10.1. The summed E-state index contributed by atoms with van der Waals surface area (Å²) in [6.45, 7) is 4.81. The van der Waals surface area contributed by atoms with E-state index in [1.165, 1.54) is 6.07 Å². The second kappa shape index (κ2) is 8.09. The summed E-state index contributed by atoms with van der Waals surface area (Å²) in [4.78, 5) is 14.7. The Morgan fingerprint density at radius 2 is 2.04 bits per heavy atom. The van der Waals surface area contributed by atoms with E-state index < -0.39 is 4.92 Å². The van der Waals surface area contributed by atoms with Gasteiger partial charge in [0, 0.05) is 31.3 Å². The van der Waals surface area contributed by atoms with Gasteiger partial charge in [-0.1, -0.05) is 37.2 Å². The Labute approximate surface area is 140 Å². The third-order valence-electron chi connectivity index (χ3n) is 3.46. The van der Waals surface area contributed by atoms with Crippen LogP contribution in [0, 0.1) is 10.1 Å². The van der Waals surface area contributed by atoms with Crippen LogP contribution in [0.25, 0.3) is 0 Å². The fourth-order valence-electron chi connectivity index (χ4n) is 2.09. The molecule has 1 aromatic heterocycles. The molecule has 24 heavy (non-hydrogen) atoms. The predicted octanol–water partition coefficient (Wildman–Crippen LogP) is 2.57. The number of hydrogen-bond donors (Lipinski definition) is 2. The fourth-order valence-corrected chi connectivity index (χ4v) is 2.09. The van der Waals surface area contributed by atoms with Crippen LogP contribution < -0.4 is 10.6 Å². The summed E-state index contributed by atoms with van der Waals surface area (Å²) in [5, 5.41) is 21.2. The number of nitro benzene ring substituents is 1. The molecule has 0 fully saturated rings. The second-order valence-electron chi connectivity index (χ2n) is 5.54. The van der Waals surface area contributed by atoms with Gasteiger partial charge in [0.15, 0.2) is 11.7 Å². The van der Waals surface area contributed by atoms with E-state index in [0.29, 0.717) is 36.3 Å². The zero-order valence-corrected chi connectivity index (χ0v) is 13.9. The molecule has 0 bridgehead atoms. The van der Waals surface area contributed by atoms with E-state index in [2.05, 4.69) is 20.8 Å². The Hall–Kier alpha value is -2.90. The molecular formula is C16H21N5O3. The first-order valence-electron chi connectivity index (χ1n) is 7.63. The van der Waals surface area contributed by atoms with E-state index in [-0.39, 0.29) is 5.69 Å². The van der Waals surface area contributed by atoms with Gasteiger partial charge in [-0.05, 0) is 5.92 Å². The van der Waals surface area contributed by atoms with Crippen molar-refractivity contribution in [2.75, 3.05) is 7.05 Å². The van der Waals surface area contributed by atoms with Crippen molar-refractivity contribution in [3.8, 4) is 0 Å². The van der Waals surface area contributed by atoms with E-state index in [0.717, 1.165) is 5.69 Å². The standard InChI is InChI=1S/C16H21N5O3/c1-11(2)14-8-13(24-20-14)10-19-16(17-3)18-9-12-6-4-5-7-15(12)21(22)23/h4-8,11H,9-10H2,1-3H3,(H2,17,18,19). The molecule has 0 saturated heterocycles. The van der Waals surface area contributed by atoms with Crippen molar-refractivity contribution in [2.24, 2.45) is 4.99 Å². The van der Waals surface area contributed by atoms with Crippen LogP contribution in [-0.4, -0.2) is 23.1 Å². The summed E-state index contributed by atoms with van der Waals surface area (Å²) in [6, 6.07) is 8.50. The summed E-state index contributed by atoms with van der Waals surface area (Å²) in [6.07, 6.45) is 0. The summed E-state index contributed by atoms with van der Waals surface area (Å²) in [7, 11) is 1.63. The first-order chi connectivity index (χ1) is 11.5. The maximum atomic E-state index is 11.0. The minimum atomic E-state index is -0.394. The maximum Gasteiger partial charge on any atom is 0.274 e. The lowest BCUT2D eigenvalue weighted by Gasteiger charge is -2.10. The molecule has 0 unspecified atom stereocenters. The molecule has 0 aliphatic carbocycles. The molecule has 2 rings (SSSR count). The molecule has 0 spiro atoms. The molecule has 0 radical (unpaired) electrons. The highest BCUT2D eigenvalue weighted by Crippen LogP contribution is 2.17. The highest BCUT2D eigenvalue weighted by molar-refractivity contribution is 5.79. The second-order valence-corrected chi connectivity index (χ2v) is 5.54. The molecule has 128 valence electrons. The third kappa shape index (κ3) is 4.55. The molecule has 0 amide bonds. The van der Waals surface area contributed by atoms with Gasteiger partial charge in [-0.2, -0.15) is 0 Å². The van der Waals surface area contributed by atoms with Crippen LogP contribution in [-0.2, 0) is 13.1 Å². The fraction of sp³-hybridized carbons (Fsp3) is 0.375. The van der Waals surface area contributed by atoms with Crippen molar-refractivity contribution in [2.45, 2.75) is 32.9 Å². The van der Waals surface area contributed by atoms with E-state index >= 15 is 0 Å². The molecule has 0 aliphatic rings. The van der Waals surface area contributed by atoms with Gasteiger partial charge >= 0.3 is 0 Å². The Balaban J connectivity index is 1.92. The monoisotopic (exact) mass is 331 g/mol. The largest absolute Gasteiger partial charge is 0.359 e. The zero-order valence-electron chi connectivity index (χ0n) is 13.9. The van der Waals surface area contributed by atoms with Crippen molar-refractivity contribution in [3.63, 3.8) is 0 Å². The zero-order chi connectivity index (χ0) is 17.5. The van der Waals surface area contributed by atoms with Crippen molar-refractivity contribution in [1.82, 2.24) is 15.8 Å². The number of nitrogens with zero attached hydrogens (tertiary/aromatic N) is 3. The van der Waals surface area contributed by atoms with Crippen molar-refractivity contribution < 1.29 is 9.45 Å². The number of rotatable bonds is 6. The van der Waals surface area contributed by atoms with Crippen LogP contribution in [0.3, 0.4) is 0 Å². The molecule has 1 aromatic carbocycles. The first-order valence-corrected chi connectivity index (χ1v) is 7.63. The molecule has 0 atom stereocenters. The van der Waals surface area contributed by atoms with Crippen molar-refractivity contribution in [1.29, 1.82) is 0 Å². The van der Waals surface area contributed by atoms with Crippen LogP contribution >= 0.6 is 0 Å². The van der Waals surface area contributed by atoms with Crippen LogP contribution in [0.4, 0.5) is 5.69 Å². The van der Waals surface area contributed by atoms with Gasteiger partial charge in [0.05, 0.1) is 17.2 Å². The van der Waals surface area contributed by atoms with Crippen molar-refractivity contribution >= 4 is 11.6 Å². The quantitative estimate of drug-likeness (QED) is 0.365. The third-order valence-corrected chi connectivity index (χ3v) is 3.46. The average molecular weight is 331 g/mol. The molecule has 8 heteroatoms. The molecule has 2 N–H and O–H groups in total. The summed E-state index contributed by atoms with van der Waals surface area (Å²) in [5.41, 5.74) is 1.57. The van der Waals surface area contributed by atoms with Gasteiger partial charge < -0.3 is 15.2 Å². The highest BCUT2D eigenvalue weighted by atomic mass is 16.6.